The second-order valence-corrected chi connectivity index (χ2v) is 4.41. The van der Waals surface area contributed by atoms with Crippen molar-refractivity contribution in [2.75, 3.05) is 0 Å². The van der Waals surface area contributed by atoms with Crippen molar-refractivity contribution in [1.82, 2.24) is 9.97 Å². The molecule has 0 amide bonds. The first-order valence-electron chi connectivity index (χ1n) is 6.16. The summed E-state index contributed by atoms with van der Waals surface area (Å²) in [4.78, 5) is 17.9. The summed E-state index contributed by atoms with van der Waals surface area (Å²) in [6.45, 7) is 0. The van der Waals surface area contributed by atoms with Crippen LogP contribution in [0.1, 0.15) is 5.56 Å². The van der Waals surface area contributed by atoms with Gasteiger partial charge < -0.3 is 10.1 Å². The third-order valence-corrected chi connectivity index (χ3v) is 3.12. The number of nitrogens with zero attached hydrogens (tertiary/aromatic N) is 1. The number of hydrogen-bond donors (Lipinski definition) is 2. The molecule has 20 heavy (non-hydrogen) atoms. The van der Waals surface area contributed by atoms with Crippen LogP contribution in [-0.4, -0.2) is 21.0 Å². The molecule has 98 valence electrons. The van der Waals surface area contributed by atoms with E-state index in [-0.39, 0.29) is 0 Å². The zero-order chi connectivity index (χ0) is 13.9. The number of rotatable bonds is 3. The molecule has 0 aliphatic rings. The average molecular weight is 264 g/mol. The molecule has 0 bridgehead atoms. The minimum Gasteiger partial charge on any atom is -0.478 e. The van der Waals surface area contributed by atoms with Crippen LogP contribution in [0.5, 0.6) is 0 Å². The molecule has 1 aromatic carbocycles. The van der Waals surface area contributed by atoms with Crippen molar-refractivity contribution in [1.29, 1.82) is 0 Å². The van der Waals surface area contributed by atoms with Gasteiger partial charge in [-0.3, -0.25) is 4.98 Å². The van der Waals surface area contributed by atoms with Crippen LogP contribution in [-0.2, 0) is 4.79 Å². The van der Waals surface area contributed by atoms with Crippen LogP contribution in [0.15, 0.2) is 55.0 Å². The van der Waals surface area contributed by atoms with E-state index >= 15 is 0 Å². The van der Waals surface area contributed by atoms with Crippen LogP contribution in [0.2, 0.25) is 0 Å². The summed E-state index contributed by atoms with van der Waals surface area (Å²) >= 11 is 0. The van der Waals surface area contributed by atoms with Crippen molar-refractivity contribution in [3.8, 4) is 11.1 Å². The van der Waals surface area contributed by atoms with Gasteiger partial charge in [0.05, 0.1) is 0 Å². The molecule has 3 rings (SSSR count). The van der Waals surface area contributed by atoms with Crippen molar-refractivity contribution >= 4 is 22.9 Å². The molecular formula is C16H12N2O2. The fourth-order valence-electron chi connectivity index (χ4n) is 2.17. The molecule has 0 spiro atoms. The number of carbonyl (C=O) groups is 1. The first-order valence-corrected chi connectivity index (χ1v) is 6.16. The largest absolute Gasteiger partial charge is 0.478 e. The predicted octanol–water partition coefficient (Wildman–Crippen LogP) is 3.33. The summed E-state index contributed by atoms with van der Waals surface area (Å²) in [5, 5.41) is 9.85. The molecule has 2 aromatic heterocycles. The van der Waals surface area contributed by atoms with Crippen LogP contribution < -0.4 is 0 Å². The summed E-state index contributed by atoms with van der Waals surface area (Å²) in [5.41, 5.74) is 3.82. The summed E-state index contributed by atoms with van der Waals surface area (Å²) in [6.07, 6.45) is 8.01. The first-order chi connectivity index (χ1) is 9.74. The van der Waals surface area contributed by atoms with Gasteiger partial charge in [-0.2, -0.15) is 0 Å². The van der Waals surface area contributed by atoms with Gasteiger partial charge in [0.2, 0.25) is 0 Å². The number of aromatic amines is 1. The highest BCUT2D eigenvalue weighted by Crippen LogP contribution is 2.27. The Bertz CT molecular complexity index is 803. The molecule has 4 heteroatoms. The van der Waals surface area contributed by atoms with Crippen molar-refractivity contribution in [3.63, 3.8) is 0 Å². The monoisotopic (exact) mass is 264 g/mol. The summed E-state index contributed by atoms with van der Waals surface area (Å²) in [5.74, 6) is -0.964. The first kappa shape index (κ1) is 12.2. The standard InChI is InChI=1S/C16H12N2O2/c19-16(20)4-2-11-5-7-17-10-14(11)12-1-3-15-13(9-12)6-8-18-15/h1-10,18H,(H,19,20)/b4-2+. The molecule has 0 radical (unpaired) electrons. The molecule has 3 aromatic rings. The van der Waals surface area contributed by atoms with Gasteiger partial charge in [0, 0.05) is 35.7 Å². The van der Waals surface area contributed by atoms with Gasteiger partial charge in [0.15, 0.2) is 0 Å². The van der Waals surface area contributed by atoms with Gasteiger partial charge in [-0.25, -0.2) is 4.79 Å². The normalized spacial score (nSPS) is 11.2. The summed E-state index contributed by atoms with van der Waals surface area (Å²) in [7, 11) is 0. The van der Waals surface area contributed by atoms with Crippen molar-refractivity contribution in [2.24, 2.45) is 0 Å². The number of H-pyrrole nitrogens is 1. The number of pyridine rings is 1. The summed E-state index contributed by atoms with van der Waals surface area (Å²) < 4.78 is 0. The maximum Gasteiger partial charge on any atom is 0.328 e. The van der Waals surface area contributed by atoms with Gasteiger partial charge in [0.1, 0.15) is 0 Å². The second-order valence-electron chi connectivity index (χ2n) is 4.41. The number of nitrogens with one attached hydrogen (secondary N) is 1. The quantitative estimate of drug-likeness (QED) is 0.713. The average Bonchev–Trinajstić information content (AvgIpc) is 2.92. The van der Waals surface area contributed by atoms with E-state index in [1.54, 1.807) is 24.5 Å². The Labute approximate surface area is 115 Å². The van der Waals surface area contributed by atoms with E-state index in [1.807, 2.05) is 24.4 Å². The van der Waals surface area contributed by atoms with Crippen molar-refractivity contribution < 1.29 is 9.90 Å². The van der Waals surface area contributed by atoms with Crippen molar-refractivity contribution in [2.45, 2.75) is 0 Å². The second kappa shape index (κ2) is 5.01. The van der Waals surface area contributed by atoms with Gasteiger partial charge in [-0.1, -0.05) is 6.07 Å². The SMILES string of the molecule is O=C(O)/C=C/c1ccncc1-c1ccc2[nH]ccc2c1. The fourth-order valence-corrected chi connectivity index (χ4v) is 2.17. The van der Waals surface area contributed by atoms with E-state index in [0.717, 1.165) is 33.7 Å². The number of aliphatic carboxylic acids is 1. The number of hydrogen-bond acceptors (Lipinski definition) is 2. The predicted molar refractivity (Wildman–Crippen MR) is 78.2 cm³/mol. The van der Waals surface area contributed by atoms with Crippen LogP contribution in [0.4, 0.5) is 0 Å². The van der Waals surface area contributed by atoms with Crippen LogP contribution in [0.25, 0.3) is 28.1 Å². The molecule has 0 unspecified atom stereocenters. The smallest absolute Gasteiger partial charge is 0.328 e. The van der Waals surface area contributed by atoms with E-state index in [2.05, 4.69) is 16.0 Å². The molecule has 0 aliphatic carbocycles. The van der Waals surface area contributed by atoms with E-state index in [9.17, 15) is 4.79 Å². The lowest BCUT2D eigenvalue weighted by molar-refractivity contribution is -0.131. The lowest BCUT2D eigenvalue weighted by Gasteiger charge is -2.05. The molecule has 0 saturated carbocycles. The van der Waals surface area contributed by atoms with Crippen LogP contribution in [0, 0.1) is 0 Å². The molecule has 0 saturated heterocycles. The lowest BCUT2D eigenvalue weighted by atomic mass is 10.0. The van der Waals surface area contributed by atoms with Gasteiger partial charge in [0.25, 0.3) is 0 Å². The zero-order valence-corrected chi connectivity index (χ0v) is 10.6. The van der Waals surface area contributed by atoms with Gasteiger partial charge >= 0.3 is 5.97 Å². The number of aromatic nitrogens is 2. The minimum absolute atomic E-state index is 0.831. The van der Waals surface area contributed by atoms with E-state index in [1.165, 1.54) is 0 Å². The molecule has 4 nitrogen and oxygen atoms in total. The Balaban J connectivity index is 2.11. The van der Waals surface area contributed by atoms with E-state index < -0.39 is 5.97 Å². The number of fused-ring (bicyclic) bond motifs is 1. The fraction of sp³-hybridized carbons (Fsp3) is 0. The number of benzene rings is 1. The Morgan fingerprint density at radius 2 is 2.15 bits per heavy atom. The molecule has 0 aliphatic heterocycles. The molecule has 0 fully saturated rings. The maximum atomic E-state index is 10.7. The third-order valence-electron chi connectivity index (χ3n) is 3.12. The highest BCUT2D eigenvalue weighted by atomic mass is 16.4. The third kappa shape index (κ3) is 2.31. The molecule has 2 heterocycles. The van der Waals surface area contributed by atoms with Crippen LogP contribution in [0.3, 0.4) is 0 Å². The number of carboxylic acid groups (broad SMARTS) is 1. The number of carboxylic acids is 1. The maximum absolute atomic E-state index is 10.7. The topological polar surface area (TPSA) is 66.0 Å². The Kier molecular flexibility index (Phi) is 3.05. The summed E-state index contributed by atoms with van der Waals surface area (Å²) in [6, 6.07) is 9.86. The molecule has 0 atom stereocenters. The van der Waals surface area contributed by atoms with E-state index in [0.29, 0.717) is 0 Å². The zero-order valence-electron chi connectivity index (χ0n) is 10.6. The Hall–Kier alpha value is -2.88. The lowest BCUT2D eigenvalue weighted by Crippen LogP contribution is -1.88. The highest BCUT2D eigenvalue weighted by molar-refractivity contribution is 5.90. The van der Waals surface area contributed by atoms with Crippen molar-refractivity contribution in [3.05, 3.63) is 60.6 Å². The Morgan fingerprint density at radius 1 is 1.25 bits per heavy atom. The Morgan fingerprint density at radius 3 is 3.00 bits per heavy atom. The van der Waals surface area contributed by atoms with E-state index in [4.69, 9.17) is 5.11 Å². The van der Waals surface area contributed by atoms with Gasteiger partial charge in [-0.05, 0) is 46.9 Å². The van der Waals surface area contributed by atoms with Crippen LogP contribution >= 0.6 is 0 Å². The van der Waals surface area contributed by atoms with Gasteiger partial charge in [-0.15, -0.1) is 0 Å². The molecular weight excluding hydrogens is 252 g/mol. The molecule has 2 N–H and O–H groups in total. The minimum atomic E-state index is -0.964. The highest BCUT2D eigenvalue weighted by Gasteiger charge is 2.05.